The Hall–Kier alpha value is -5.24. The van der Waals surface area contributed by atoms with Gasteiger partial charge in [0.1, 0.15) is 0 Å². The Morgan fingerprint density at radius 3 is 1.69 bits per heavy atom. The highest BCUT2D eigenvalue weighted by Crippen LogP contribution is 2.55. The van der Waals surface area contributed by atoms with E-state index in [4.69, 9.17) is 0 Å². The fourth-order valence-corrected chi connectivity index (χ4v) is 8.79. The van der Waals surface area contributed by atoms with Crippen LogP contribution in [0.2, 0.25) is 0 Å². The maximum Gasteiger partial charge on any atom is 0.0713 e. The van der Waals surface area contributed by atoms with E-state index in [9.17, 15) is 0 Å². The van der Waals surface area contributed by atoms with Crippen molar-refractivity contribution < 1.29 is 0 Å². The lowest BCUT2D eigenvalue weighted by molar-refractivity contribution is 0.762. The minimum atomic E-state index is -0.457. The van der Waals surface area contributed by atoms with Crippen molar-refractivity contribution in [2.75, 3.05) is 0 Å². The SMILES string of the molecule is C=CC1=C(/C=C\C)c2ccccc2C1(c1ccccc1)c1ccc(-c2cccc3c2sc2c(-c4ccccc4)cccc23)cc1. The van der Waals surface area contributed by atoms with Crippen LogP contribution in [-0.2, 0) is 5.41 Å². The summed E-state index contributed by atoms with van der Waals surface area (Å²) < 4.78 is 2.67. The van der Waals surface area contributed by atoms with Crippen molar-refractivity contribution in [1.82, 2.24) is 0 Å². The molecule has 6 aromatic carbocycles. The highest BCUT2D eigenvalue weighted by Gasteiger charge is 2.46. The molecule has 1 aliphatic rings. The normalized spacial score (nSPS) is 16.1. The lowest BCUT2D eigenvalue weighted by Crippen LogP contribution is -2.29. The molecule has 0 amide bonds. The third kappa shape index (κ3) is 4.12. The predicted octanol–water partition coefficient (Wildman–Crippen LogP) is 12.3. The summed E-state index contributed by atoms with van der Waals surface area (Å²) in [5.41, 5.74) is 12.1. The first-order valence-electron chi connectivity index (χ1n) is 15.5. The van der Waals surface area contributed by atoms with Crippen molar-refractivity contribution in [3.05, 3.63) is 198 Å². The highest BCUT2D eigenvalue weighted by molar-refractivity contribution is 7.26. The molecule has 0 saturated heterocycles. The molecule has 0 N–H and O–H groups in total. The van der Waals surface area contributed by atoms with E-state index in [2.05, 4.69) is 177 Å². The zero-order valence-electron chi connectivity index (χ0n) is 25.2. The second-order valence-electron chi connectivity index (χ2n) is 11.6. The van der Waals surface area contributed by atoms with Gasteiger partial charge in [-0.2, -0.15) is 0 Å². The smallest absolute Gasteiger partial charge is 0.0713 e. The Kier molecular flexibility index (Phi) is 6.70. The van der Waals surface area contributed by atoms with Crippen LogP contribution in [0, 0.1) is 0 Å². The van der Waals surface area contributed by atoms with Gasteiger partial charge in [0.05, 0.1) is 5.41 Å². The van der Waals surface area contributed by atoms with E-state index in [1.54, 1.807) is 0 Å². The summed E-state index contributed by atoms with van der Waals surface area (Å²) in [6, 6.07) is 53.2. The Labute approximate surface area is 269 Å². The molecule has 1 atom stereocenters. The molecule has 0 saturated carbocycles. The second kappa shape index (κ2) is 11.0. The third-order valence-corrected chi connectivity index (χ3v) is 10.6. The monoisotopic (exact) mass is 592 g/mol. The average molecular weight is 593 g/mol. The number of thiophene rings is 1. The summed E-state index contributed by atoms with van der Waals surface area (Å²) in [6.45, 7) is 6.45. The predicted molar refractivity (Wildman–Crippen MR) is 195 cm³/mol. The molecule has 214 valence electrons. The van der Waals surface area contributed by atoms with Crippen LogP contribution in [-0.4, -0.2) is 0 Å². The number of fused-ring (bicyclic) bond motifs is 4. The maximum absolute atomic E-state index is 4.36. The van der Waals surface area contributed by atoms with Crippen LogP contribution in [0.15, 0.2) is 176 Å². The van der Waals surface area contributed by atoms with Crippen molar-refractivity contribution in [2.45, 2.75) is 12.3 Å². The summed E-state index contributed by atoms with van der Waals surface area (Å²) in [4.78, 5) is 0. The quantitative estimate of drug-likeness (QED) is 0.180. The highest BCUT2D eigenvalue weighted by atomic mass is 32.1. The molecule has 0 aliphatic heterocycles. The second-order valence-corrected chi connectivity index (χ2v) is 12.6. The average Bonchev–Trinajstić information content (AvgIpc) is 3.63. The molecular formula is C44H32S. The topological polar surface area (TPSA) is 0 Å². The van der Waals surface area contributed by atoms with Crippen molar-refractivity contribution >= 4 is 37.1 Å². The number of hydrogen-bond donors (Lipinski definition) is 0. The Balaban J connectivity index is 1.33. The van der Waals surface area contributed by atoms with Crippen molar-refractivity contribution in [3.63, 3.8) is 0 Å². The van der Waals surface area contributed by atoms with E-state index in [0.717, 1.165) is 0 Å². The van der Waals surface area contributed by atoms with E-state index < -0.39 is 5.41 Å². The minimum Gasteiger partial charge on any atom is -0.134 e. The molecule has 0 nitrogen and oxygen atoms in total. The van der Waals surface area contributed by atoms with Gasteiger partial charge < -0.3 is 0 Å². The van der Waals surface area contributed by atoms with Crippen LogP contribution in [0.3, 0.4) is 0 Å². The molecule has 0 fully saturated rings. The molecule has 8 rings (SSSR count). The van der Waals surface area contributed by atoms with E-state index in [1.165, 1.54) is 75.8 Å². The standard InChI is InChI=1S/C44H32S/c1-3-15-36-37-20-11-12-25-41(37)44(40(36)4-2,32-18-9-6-10-19-32)33-28-26-31(27-29-33)35-22-14-24-39-38-23-13-21-34(42(38)45-43(35)39)30-16-7-5-8-17-30/h3-29H,2H2,1H3/b15-3-. The van der Waals surface area contributed by atoms with Gasteiger partial charge in [-0.15, -0.1) is 11.3 Å². The van der Waals surface area contributed by atoms with Crippen LogP contribution in [0.1, 0.15) is 29.2 Å². The largest absolute Gasteiger partial charge is 0.134 e. The number of benzene rings is 6. The van der Waals surface area contributed by atoms with Gasteiger partial charge in [0.25, 0.3) is 0 Å². The van der Waals surface area contributed by atoms with Crippen LogP contribution in [0.25, 0.3) is 48.0 Å². The van der Waals surface area contributed by atoms with Gasteiger partial charge in [0.15, 0.2) is 0 Å². The summed E-state index contributed by atoms with van der Waals surface area (Å²) in [7, 11) is 0. The maximum atomic E-state index is 4.36. The molecule has 0 bridgehead atoms. The summed E-state index contributed by atoms with van der Waals surface area (Å²) in [6.07, 6.45) is 6.44. The Morgan fingerprint density at radius 2 is 1.07 bits per heavy atom. The Morgan fingerprint density at radius 1 is 0.533 bits per heavy atom. The van der Waals surface area contributed by atoms with E-state index in [-0.39, 0.29) is 0 Å². The molecule has 0 spiro atoms. The molecule has 1 unspecified atom stereocenters. The molecule has 1 heterocycles. The lowest BCUT2D eigenvalue weighted by Gasteiger charge is -2.35. The number of rotatable bonds is 6. The van der Waals surface area contributed by atoms with Gasteiger partial charge in [-0.3, -0.25) is 0 Å². The first kappa shape index (κ1) is 27.3. The van der Waals surface area contributed by atoms with E-state index >= 15 is 0 Å². The van der Waals surface area contributed by atoms with Crippen LogP contribution in [0.4, 0.5) is 0 Å². The van der Waals surface area contributed by atoms with Gasteiger partial charge >= 0.3 is 0 Å². The van der Waals surface area contributed by atoms with Crippen molar-refractivity contribution in [2.24, 2.45) is 0 Å². The van der Waals surface area contributed by atoms with Crippen molar-refractivity contribution in [1.29, 1.82) is 0 Å². The van der Waals surface area contributed by atoms with Gasteiger partial charge in [-0.05, 0) is 62.6 Å². The van der Waals surface area contributed by atoms with E-state index in [1.807, 2.05) is 11.3 Å². The van der Waals surface area contributed by atoms with E-state index in [0.29, 0.717) is 0 Å². The Bertz CT molecular complexity index is 2260. The molecule has 45 heavy (non-hydrogen) atoms. The number of allylic oxidation sites excluding steroid dienone is 5. The fourth-order valence-electron chi connectivity index (χ4n) is 7.42. The molecule has 1 aliphatic carbocycles. The first-order valence-corrected chi connectivity index (χ1v) is 16.3. The molecule has 1 aromatic heterocycles. The van der Waals surface area contributed by atoms with Gasteiger partial charge in [-0.25, -0.2) is 0 Å². The molecule has 0 radical (unpaired) electrons. The summed E-state index contributed by atoms with van der Waals surface area (Å²) in [5, 5.41) is 2.63. The lowest BCUT2D eigenvalue weighted by atomic mass is 9.66. The third-order valence-electron chi connectivity index (χ3n) is 9.30. The fraction of sp³-hybridized carbons (Fsp3) is 0.0455. The van der Waals surface area contributed by atoms with Crippen LogP contribution < -0.4 is 0 Å². The van der Waals surface area contributed by atoms with Crippen LogP contribution >= 0.6 is 11.3 Å². The zero-order chi connectivity index (χ0) is 30.4. The van der Waals surface area contributed by atoms with Crippen LogP contribution in [0.5, 0.6) is 0 Å². The summed E-state index contributed by atoms with van der Waals surface area (Å²) in [5.74, 6) is 0. The molecule has 7 aromatic rings. The molecule has 1 heteroatoms. The van der Waals surface area contributed by atoms with Crippen molar-refractivity contribution in [3.8, 4) is 22.3 Å². The minimum absolute atomic E-state index is 0.457. The first-order chi connectivity index (χ1) is 22.3. The van der Waals surface area contributed by atoms with Gasteiger partial charge in [0.2, 0.25) is 0 Å². The van der Waals surface area contributed by atoms with Gasteiger partial charge in [-0.1, -0.05) is 170 Å². The van der Waals surface area contributed by atoms with Gasteiger partial charge in [0, 0.05) is 20.2 Å². The number of hydrogen-bond acceptors (Lipinski definition) is 1. The zero-order valence-corrected chi connectivity index (χ0v) is 26.0. The molecular weight excluding hydrogens is 561 g/mol. The summed E-state index contributed by atoms with van der Waals surface area (Å²) >= 11 is 1.90.